The summed E-state index contributed by atoms with van der Waals surface area (Å²) in [5.41, 5.74) is 2.02. The van der Waals surface area contributed by atoms with Gasteiger partial charge >= 0.3 is 0 Å². The first-order chi connectivity index (χ1) is 14.8. The van der Waals surface area contributed by atoms with E-state index < -0.39 is 6.10 Å². The summed E-state index contributed by atoms with van der Waals surface area (Å²) < 4.78 is 0. The predicted octanol–water partition coefficient (Wildman–Crippen LogP) is 1.97. The molecule has 166 valence electrons. The minimum atomic E-state index is -0.605. The van der Waals surface area contributed by atoms with Crippen molar-refractivity contribution >= 4 is 23.3 Å². The number of piperazine rings is 1. The van der Waals surface area contributed by atoms with Crippen LogP contribution in [0, 0.1) is 0 Å². The molecule has 2 amide bonds. The minimum absolute atomic E-state index is 0.0443. The van der Waals surface area contributed by atoms with Crippen LogP contribution in [0.5, 0.6) is 0 Å². The molecule has 0 bridgehead atoms. The second kappa shape index (κ2) is 10.3. The Hall–Kier alpha value is -3.13. The average molecular weight is 426 g/mol. The van der Waals surface area contributed by atoms with Crippen LogP contribution in [-0.2, 0) is 0 Å². The molecule has 8 heteroatoms. The van der Waals surface area contributed by atoms with E-state index in [9.17, 15) is 14.7 Å². The third kappa shape index (κ3) is 5.95. The lowest BCUT2D eigenvalue weighted by molar-refractivity contribution is 0.0746. The van der Waals surface area contributed by atoms with Gasteiger partial charge in [0.2, 0.25) is 0 Å². The van der Waals surface area contributed by atoms with Gasteiger partial charge in [0.15, 0.2) is 5.82 Å². The number of nitrogens with one attached hydrogen (secondary N) is 2. The summed E-state index contributed by atoms with van der Waals surface area (Å²) >= 11 is 0. The molecule has 31 heavy (non-hydrogen) atoms. The minimum Gasteiger partial charge on any atom is -0.392 e. The highest BCUT2D eigenvalue weighted by Crippen LogP contribution is 2.25. The molecule has 1 atom stereocenters. The molecular weight excluding hydrogens is 394 g/mol. The maximum absolute atomic E-state index is 12.9. The van der Waals surface area contributed by atoms with Gasteiger partial charge in [0.25, 0.3) is 11.8 Å². The van der Waals surface area contributed by atoms with Crippen molar-refractivity contribution in [2.45, 2.75) is 32.9 Å². The van der Waals surface area contributed by atoms with Crippen molar-refractivity contribution in [1.29, 1.82) is 0 Å². The van der Waals surface area contributed by atoms with Gasteiger partial charge in [0.1, 0.15) is 0 Å². The third-order valence-electron chi connectivity index (χ3n) is 5.05. The summed E-state index contributed by atoms with van der Waals surface area (Å²) in [5, 5.41) is 15.4. The smallest absolute Gasteiger partial charge is 0.253 e. The largest absolute Gasteiger partial charge is 0.392 e. The van der Waals surface area contributed by atoms with Crippen molar-refractivity contribution in [1.82, 2.24) is 15.2 Å². The number of anilines is 2. The number of carbonyl (C=O) groups is 2. The van der Waals surface area contributed by atoms with Crippen LogP contribution in [0.15, 0.2) is 42.6 Å². The Morgan fingerprint density at radius 3 is 2.29 bits per heavy atom. The molecule has 0 saturated carbocycles. The lowest BCUT2D eigenvalue weighted by atomic mass is 10.1. The van der Waals surface area contributed by atoms with Crippen molar-refractivity contribution in [2.24, 2.45) is 0 Å². The van der Waals surface area contributed by atoms with Crippen LogP contribution in [0.3, 0.4) is 0 Å². The fourth-order valence-corrected chi connectivity index (χ4v) is 3.48. The van der Waals surface area contributed by atoms with E-state index in [-0.39, 0.29) is 18.4 Å². The molecule has 0 unspecified atom stereocenters. The Balaban J connectivity index is 1.59. The number of amides is 2. The number of carbonyl (C=O) groups excluding carboxylic acids is 2. The van der Waals surface area contributed by atoms with Crippen LogP contribution in [0.2, 0.25) is 0 Å². The molecule has 0 aliphatic carbocycles. The summed E-state index contributed by atoms with van der Waals surface area (Å²) in [7, 11) is 0. The molecule has 1 fully saturated rings. The molecule has 1 aromatic carbocycles. The SMILES string of the molecule is CC(C)Nc1cccnc1N1CCN(C(=O)c2ccc(C(=O)NC[C@@H](C)O)cc2)CC1. The van der Waals surface area contributed by atoms with Crippen LogP contribution < -0.4 is 15.5 Å². The number of aliphatic hydroxyl groups is 1. The zero-order chi connectivity index (χ0) is 22.4. The van der Waals surface area contributed by atoms with Crippen molar-refractivity contribution in [3.63, 3.8) is 0 Å². The molecule has 1 aromatic heterocycles. The van der Waals surface area contributed by atoms with Gasteiger partial charge in [-0.2, -0.15) is 0 Å². The van der Waals surface area contributed by atoms with Crippen LogP contribution >= 0.6 is 0 Å². The Morgan fingerprint density at radius 2 is 1.68 bits per heavy atom. The van der Waals surface area contributed by atoms with Crippen molar-refractivity contribution in [3.8, 4) is 0 Å². The van der Waals surface area contributed by atoms with E-state index in [0.717, 1.165) is 11.5 Å². The van der Waals surface area contributed by atoms with E-state index in [2.05, 4.69) is 34.4 Å². The topological polar surface area (TPSA) is 97.8 Å². The first kappa shape index (κ1) is 22.6. The molecule has 3 N–H and O–H groups in total. The van der Waals surface area contributed by atoms with Crippen molar-refractivity contribution in [3.05, 3.63) is 53.7 Å². The van der Waals surface area contributed by atoms with E-state index in [1.54, 1.807) is 37.4 Å². The van der Waals surface area contributed by atoms with Gasteiger partial charge in [-0.15, -0.1) is 0 Å². The zero-order valence-electron chi connectivity index (χ0n) is 18.3. The maximum atomic E-state index is 12.9. The van der Waals surface area contributed by atoms with Crippen molar-refractivity contribution in [2.75, 3.05) is 42.9 Å². The highest BCUT2D eigenvalue weighted by atomic mass is 16.3. The van der Waals surface area contributed by atoms with E-state index in [0.29, 0.717) is 43.3 Å². The number of benzene rings is 1. The molecule has 8 nitrogen and oxygen atoms in total. The lowest BCUT2D eigenvalue weighted by Crippen LogP contribution is -2.49. The van der Waals surface area contributed by atoms with Gasteiger partial charge in [-0.1, -0.05) is 0 Å². The highest BCUT2D eigenvalue weighted by molar-refractivity contribution is 5.98. The van der Waals surface area contributed by atoms with Crippen LogP contribution in [0.1, 0.15) is 41.5 Å². The Labute approximate surface area is 183 Å². The fourth-order valence-electron chi connectivity index (χ4n) is 3.48. The number of hydrogen-bond donors (Lipinski definition) is 3. The van der Waals surface area contributed by atoms with Gasteiger partial charge in [-0.3, -0.25) is 9.59 Å². The van der Waals surface area contributed by atoms with Crippen LogP contribution in [0.25, 0.3) is 0 Å². The molecule has 0 spiro atoms. The fraction of sp³-hybridized carbons (Fsp3) is 0.435. The molecule has 1 aliphatic rings. The van der Waals surface area contributed by atoms with E-state index in [1.807, 2.05) is 17.0 Å². The second-order valence-corrected chi connectivity index (χ2v) is 8.09. The maximum Gasteiger partial charge on any atom is 0.253 e. The van der Waals surface area contributed by atoms with E-state index in [1.165, 1.54) is 0 Å². The van der Waals surface area contributed by atoms with Gasteiger partial charge in [0, 0.05) is 56.1 Å². The third-order valence-corrected chi connectivity index (χ3v) is 5.05. The first-order valence-corrected chi connectivity index (χ1v) is 10.7. The van der Waals surface area contributed by atoms with Crippen LogP contribution in [-0.4, -0.2) is 71.7 Å². The lowest BCUT2D eigenvalue weighted by Gasteiger charge is -2.36. The molecule has 0 radical (unpaired) electrons. The monoisotopic (exact) mass is 425 g/mol. The zero-order valence-corrected chi connectivity index (χ0v) is 18.3. The number of nitrogens with zero attached hydrogens (tertiary/aromatic N) is 3. The summed E-state index contributed by atoms with van der Waals surface area (Å²) in [6, 6.07) is 10.9. The summed E-state index contributed by atoms with van der Waals surface area (Å²) in [6.07, 6.45) is 1.18. The van der Waals surface area contributed by atoms with Gasteiger partial charge in [-0.25, -0.2) is 4.98 Å². The molecule has 1 aliphatic heterocycles. The quantitative estimate of drug-likeness (QED) is 0.628. The highest BCUT2D eigenvalue weighted by Gasteiger charge is 2.24. The normalized spacial score (nSPS) is 15.0. The Bertz CT molecular complexity index is 890. The van der Waals surface area contributed by atoms with E-state index in [4.69, 9.17) is 0 Å². The number of aromatic nitrogens is 1. The molecular formula is C23H31N5O3. The number of aliphatic hydroxyl groups excluding tert-OH is 1. The Kier molecular flexibility index (Phi) is 7.46. The molecule has 3 rings (SSSR count). The van der Waals surface area contributed by atoms with Gasteiger partial charge in [-0.05, 0) is 57.2 Å². The van der Waals surface area contributed by atoms with Gasteiger partial charge < -0.3 is 25.5 Å². The van der Waals surface area contributed by atoms with Crippen LogP contribution in [0.4, 0.5) is 11.5 Å². The van der Waals surface area contributed by atoms with E-state index >= 15 is 0 Å². The summed E-state index contributed by atoms with van der Waals surface area (Å²) in [5.74, 6) is 0.600. The number of hydrogen-bond acceptors (Lipinski definition) is 6. The number of rotatable bonds is 7. The molecule has 1 saturated heterocycles. The molecule has 2 aromatic rings. The average Bonchev–Trinajstić information content (AvgIpc) is 2.77. The predicted molar refractivity (Wildman–Crippen MR) is 122 cm³/mol. The summed E-state index contributed by atoms with van der Waals surface area (Å²) in [4.78, 5) is 33.5. The first-order valence-electron chi connectivity index (χ1n) is 10.7. The standard InChI is InChI=1S/C23H31N5O3/c1-16(2)26-20-5-4-10-24-21(20)27-11-13-28(14-12-27)23(31)19-8-6-18(7-9-19)22(30)25-15-17(3)29/h4-10,16-17,26,29H,11-15H2,1-3H3,(H,25,30)/t17-/m1/s1. The van der Waals surface area contributed by atoms with Gasteiger partial charge in [0.05, 0.1) is 11.8 Å². The summed E-state index contributed by atoms with van der Waals surface area (Å²) in [6.45, 7) is 8.60. The van der Waals surface area contributed by atoms with Crippen molar-refractivity contribution < 1.29 is 14.7 Å². The molecule has 2 heterocycles. The Morgan fingerprint density at radius 1 is 1.03 bits per heavy atom. The second-order valence-electron chi connectivity index (χ2n) is 8.09. The number of pyridine rings is 1.